The van der Waals surface area contributed by atoms with Gasteiger partial charge in [0.05, 0.1) is 19.3 Å². The molecule has 6 nitrogen and oxygen atoms in total. The zero-order valence-electron chi connectivity index (χ0n) is 14.8. The van der Waals surface area contributed by atoms with Crippen LogP contribution < -0.4 is 4.90 Å². The largest absolute Gasteiger partial charge is 0.465 e. The molecule has 0 aromatic carbocycles. The molecule has 0 amide bonds. The number of hydrogen-bond donors (Lipinski definition) is 0. The molecule has 2 aliphatic heterocycles. The molecule has 2 aliphatic rings. The third-order valence-electron chi connectivity index (χ3n) is 5.21. The van der Waals surface area contributed by atoms with Crippen LogP contribution in [0.25, 0.3) is 0 Å². The van der Waals surface area contributed by atoms with E-state index in [2.05, 4.69) is 38.8 Å². The van der Waals surface area contributed by atoms with Crippen molar-refractivity contribution < 1.29 is 9.15 Å². The molecule has 0 radical (unpaired) electrons. The van der Waals surface area contributed by atoms with E-state index in [1.54, 1.807) is 0 Å². The van der Waals surface area contributed by atoms with Gasteiger partial charge in [0.2, 0.25) is 5.95 Å². The SMILES string of the molecule is CCc1ccc(CN2CC[C@H]3CN(c4ncccn4)CCO[C@H]3C2)o1. The van der Waals surface area contributed by atoms with Crippen molar-refractivity contribution in [1.82, 2.24) is 14.9 Å². The Morgan fingerprint density at radius 3 is 2.76 bits per heavy atom. The fourth-order valence-corrected chi connectivity index (χ4v) is 3.81. The van der Waals surface area contributed by atoms with E-state index in [0.717, 1.165) is 69.6 Å². The van der Waals surface area contributed by atoms with Gasteiger partial charge in [-0.05, 0) is 31.2 Å². The predicted octanol–water partition coefficient (Wildman–Crippen LogP) is 2.36. The molecule has 0 N–H and O–H groups in total. The summed E-state index contributed by atoms with van der Waals surface area (Å²) in [5.74, 6) is 3.47. The highest BCUT2D eigenvalue weighted by Gasteiger charge is 2.34. The van der Waals surface area contributed by atoms with Crippen molar-refractivity contribution >= 4 is 5.95 Å². The van der Waals surface area contributed by atoms with Gasteiger partial charge in [0, 0.05) is 44.4 Å². The van der Waals surface area contributed by atoms with Crippen molar-refractivity contribution in [2.45, 2.75) is 32.4 Å². The van der Waals surface area contributed by atoms with Gasteiger partial charge in [-0.2, -0.15) is 0 Å². The number of aryl methyl sites for hydroxylation is 1. The van der Waals surface area contributed by atoms with Crippen LogP contribution in [0.1, 0.15) is 24.9 Å². The smallest absolute Gasteiger partial charge is 0.225 e. The predicted molar refractivity (Wildman–Crippen MR) is 95.5 cm³/mol. The van der Waals surface area contributed by atoms with E-state index < -0.39 is 0 Å². The van der Waals surface area contributed by atoms with Crippen molar-refractivity contribution in [3.8, 4) is 0 Å². The average molecular weight is 342 g/mol. The molecular formula is C19H26N4O2. The zero-order valence-corrected chi connectivity index (χ0v) is 14.8. The van der Waals surface area contributed by atoms with E-state index in [-0.39, 0.29) is 6.10 Å². The number of ether oxygens (including phenoxy) is 1. The van der Waals surface area contributed by atoms with Crippen LogP contribution >= 0.6 is 0 Å². The van der Waals surface area contributed by atoms with Crippen LogP contribution in [0.15, 0.2) is 35.0 Å². The molecule has 0 unspecified atom stereocenters. The van der Waals surface area contributed by atoms with Gasteiger partial charge < -0.3 is 14.1 Å². The van der Waals surface area contributed by atoms with Gasteiger partial charge in [0.25, 0.3) is 0 Å². The standard InChI is InChI=1S/C19H26N4O2/c1-2-16-4-5-17(25-16)13-22-9-6-15-12-23(10-11-24-18(15)14-22)19-20-7-3-8-21-19/h3-5,7-8,15,18H,2,6,9-14H2,1H3/t15-,18-/m0/s1. The second-order valence-electron chi connectivity index (χ2n) is 6.91. The average Bonchev–Trinajstić information content (AvgIpc) is 3.00. The maximum Gasteiger partial charge on any atom is 0.225 e. The number of furan rings is 1. The molecule has 2 atom stereocenters. The highest BCUT2D eigenvalue weighted by atomic mass is 16.5. The van der Waals surface area contributed by atoms with Gasteiger partial charge in [-0.3, -0.25) is 4.90 Å². The van der Waals surface area contributed by atoms with Crippen LogP contribution in [0, 0.1) is 5.92 Å². The van der Waals surface area contributed by atoms with Gasteiger partial charge in [0.15, 0.2) is 0 Å². The van der Waals surface area contributed by atoms with Crippen LogP contribution in [0.4, 0.5) is 5.95 Å². The Hall–Kier alpha value is -1.92. The molecule has 4 heterocycles. The lowest BCUT2D eigenvalue weighted by atomic mass is 9.93. The Labute approximate surface area is 148 Å². The molecule has 2 aromatic heterocycles. The van der Waals surface area contributed by atoms with E-state index in [1.165, 1.54) is 0 Å². The minimum Gasteiger partial charge on any atom is -0.465 e. The Balaban J connectivity index is 1.37. The van der Waals surface area contributed by atoms with Crippen molar-refractivity contribution in [2.75, 3.05) is 37.7 Å². The monoisotopic (exact) mass is 342 g/mol. The number of hydrogen-bond acceptors (Lipinski definition) is 6. The maximum absolute atomic E-state index is 6.18. The van der Waals surface area contributed by atoms with E-state index in [4.69, 9.17) is 9.15 Å². The van der Waals surface area contributed by atoms with Crippen molar-refractivity contribution in [3.05, 3.63) is 42.1 Å². The molecular weight excluding hydrogens is 316 g/mol. The summed E-state index contributed by atoms with van der Waals surface area (Å²) >= 11 is 0. The summed E-state index contributed by atoms with van der Waals surface area (Å²) < 4.78 is 12.0. The van der Waals surface area contributed by atoms with Crippen molar-refractivity contribution in [1.29, 1.82) is 0 Å². The van der Waals surface area contributed by atoms with Crippen LogP contribution in [0.3, 0.4) is 0 Å². The molecule has 6 heteroatoms. The number of anilines is 1. The number of aromatic nitrogens is 2. The lowest BCUT2D eigenvalue weighted by Gasteiger charge is -2.37. The zero-order chi connectivity index (χ0) is 17.1. The Kier molecular flexibility index (Phi) is 4.99. The summed E-state index contributed by atoms with van der Waals surface area (Å²) in [4.78, 5) is 13.5. The second-order valence-corrected chi connectivity index (χ2v) is 6.91. The summed E-state index contributed by atoms with van der Waals surface area (Å²) in [5, 5.41) is 0. The molecule has 25 heavy (non-hydrogen) atoms. The maximum atomic E-state index is 6.18. The van der Waals surface area contributed by atoms with E-state index in [1.807, 2.05) is 18.5 Å². The molecule has 4 rings (SSSR count). The Morgan fingerprint density at radius 1 is 1.12 bits per heavy atom. The Bertz CT molecular complexity index is 675. The minimum atomic E-state index is 0.281. The fourth-order valence-electron chi connectivity index (χ4n) is 3.81. The second kappa shape index (κ2) is 7.54. The van der Waals surface area contributed by atoms with Crippen molar-refractivity contribution in [3.63, 3.8) is 0 Å². The molecule has 2 fully saturated rings. The highest BCUT2D eigenvalue weighted by molar-refractivity contribution is 5.29. The highest BCUT2D eigenvalue weighted by Crippen LogP contribution is 2.26. The summed E-state index contributed by atoms with van der Waals surface area (Å²) in [6.07, 6.45) is 5.98. The third kappa shape index (κ3) is 3.85. The van der Waals surface area contributed by atoms with Gasteiger partial charge in [-0.15, -0.1) is 0 Å². The first-order valence-corrected chi connectivity index (χ1v) is 9.25. The number of fused-ring (bicyclic) bond motifs is 1. The van der Waals surface area contributed by atoms with Crippen LogP contribution in [0.2, 0.25) is 0 Å². The first-order chi connectivity index (χ1) is 12.3. The number of piperidine rings is 1. The number of nitrogens with zero attached hydrogens (tertiary/aromatic N) is 4. The third-order valence-corrected chi connectivity index (χ3v) is 5.21. The van der Waals surface area contributed by atoms with Gasteiger partial charge in [0.1, 0.15) is 11.5 Å². The lowest BCUT2D eigenvalue weighted by molar-refractivity contribution is -0.0253. The van der Waals surface area contributed by atoms with E-state index in [9.17, 15) is 0 Å². The van der Waals surface area contributed by atoms with Crippen molar-refractivity contribution in [2.24, 2.45) is 5.92 Å². The quantitative estimate of drug-likeness (QED) is 0.850. The van der Waals surface area contributed by atoms with Crippen LogP contribution in [0.5, 0.6) is 0 Å². The van der Waals surface area contributed by atoms with Crippen LogP contribution in [-0.2, 0) is 17.7 Å². The number of likely N-dealkylation sites (tertiary alicyclic amines) is 1. The number of rotatable bonds is 4. The molecule has 0 spiro atoms. The fraction of sp³-hybridized carbons (Fsp3) is 0.579. The molecule has 0 aliphatic carbocycles. The van der Waals surface area contributed by atoms with Crippen LogP contribution in [-0.4, -0.2) is 53.8 Å². The first kappa shape index (κ1) is 16.5. The Morgan fingerprint density at radius 2 is 1.96 bits per heavy atom. The van der Waals surface area contributed by atoms with Gasteiger partial charge >= 0.3 is 0 Å². The normalized spacial score (nSPS) is 24.8. The molecule has 0 saturated carbocycles. The van der Waals surface area contributed by atoms with E-state index >= 15 is 0 Å². The molecule has 2 saturated heterocycles. The summed E-state index contributed by atoms with van der Waals surface area (Å²) in [6.45, 7) is 7.60. The first-order valence-electron chi connectivity index (χ1n) is 9.25. The molecule has 2 aromatic rings. The van der Waals surface area contributed by atoms with E-state index in [0.29, 0.717) is 5.92 Å². The van der Waals surface area contributed by atoms with Gasteiger partial charge in [-0.1, -0.05) is 6.92 Å². The lowest BCUT2D eigenvalue weighted by Crippen LogP contribution is -2.46. The minimum absolute atomic E-state index is 0.281. The van der Waals surface area contributed by atoms with Gasteiger partial charge in [-0.25, -0.2) is 9.97 Å². The molecule has 134 valence electrons. The summed E-state index contributed by atoms with van der Waals surface area (Å²) in [7, 11) is 0. The topological polar surface area (TPSA) is 54.6 Å². The summed E-state index contributed by atoms with van der Waals surface area (Å²) in [5.41, 5.74) is 0. The molecule has 0 bridgehead atoms. The summed E-state index contributed by atoms with van der Waals surface area (Å²) in [6, 6.07) is 6.05.